The van der Waals surface area contributed by atoms with Gasteiger partial charge in [-0.25, -0.2) is 5.48 Å². The molecular formula is C12H17NO3. The molecule has 1 aliphatic rings. The average molecular weight is 223 g/mol. The highest BCUT2D eigenvalue weighted by Gasteiger charge is 2.16. The fourth-order valence-electron chi connectivity index (χ4n) is 1.97. The van der Waals surface area contributed by atoms with Crippen LogP contribution in [0.2, 0.25) is 0 Å². The number of hydroxylamine groups is 1. The van der Waals surface area contributed by atoms with Crippen LogP contribution in [0.3, 0.4) is 0 Å². The summed E-state index contributed by atoms with van der Waals surface area (Å²) in [4.78, 5) is 0. The number of ether oxygens (including phenoxy) is 2. The predicted octanol–water partition coefficient (Wildman–Crippen LogP) is 1.89. The van der Waals surface area contributed by atoms with Crippen molar-refractivity contribution in [1.29, 1.82) is 0 Å². The lowest BCUT2D eigenvalue weighted by Gasteiger charge is -2.15. The van der Waals surface area contributed by atoms with Crippen LogP contribution in [-0.4, -0.2) is 18.4 Å². The first-order valence-corrected chi connectivity index (χ1v) is 5.64. The SMILES string of the molecule is CCc1c(CNO)ccc2c1OCCCO2. The number of nitrogens with one attached hydrogen (secondary N) is 1. The molecular weight excluding hydrogens is 206 g/mol. The number of hydrogen-bond acceptors (Lipinski definition) is 4. The monoisotopic (exact) mass is 223 g/mol. The van der Waals surface area contributed by atoms with Crippen molar-refractivity contribution in [3.63, 3.8) is 0 Å². The van der Waals surface area contributed by atoms with Crippen LogP contribution in [0.25, 0.3) is 0 Å². The maximum atomic E-state index is 8.78. The van der Waals surface area contributed by atoms with Crippen LogP contribution in [0, 0.1) is 0 Å². The zero-order valence-electron chi connectivity index (χ0n) is 9.45. The molecule has 0 radical (unpaired) electrons. The van der Waals surface area contributed by atoms with Crippen LogP contribution in [0.15, 0.2) is 12.1 Å². The van der Waals surface area contributed by atoms with E-state index in [1.807, 2.05) is 12.1 Å². The van der Waals surface area contributed by atoms with Gasteiger partial charge in [0.05, 0.1) is 13.2 Å². The molecule has 2 N–H and O–H groups in total. The zero-order chi connectivity index (χ0) is 11.4. The van der Waals surface area contributed by atoms with Gasteiger partial charge in [-0.15, -0.1) is 0 Å². The summed E-state index contributed by atoms with van der Waals surface area (Å²) in [6.45, 7) is 3.90. The highest BCUT2D eigenvalue weighted by Crippen LogP contribution is 2.35. The summed E-state index contributed by atoms with van der Waals surface area (Å²) in [6.07, 6.45) is 1.77. The van der Waals surface area contributed by atoms with E-state index in [0.29, 0.717) is 19.8 Å². The molecule has 88 valence electrons. The topological polar surface area (TPSA) is 50.7 Å². The van der Waals surface area contributed by atoms with Crippen LogP contribution in [0.1, 0.15) is 24.5 Å². The van der Waals surface area contributed by atoms with Crippen LogP contribution in [-0.2, 0) is 13.0 Å². The minimum absolute atomic E-state index is 0.430. The molecule has 0 saturated carbocycles. The maximum absolute atomic E-state index is 8.78. The molecule has 0 saturated heterocycles. The lowest BCUT2D eigenvalue weighted by Crippen LogP contribution is -2.09. The molecule has 4 nitrogen and oxygen atoms in total. The maximum Gasteiger partial charge on any atom is 0.164 e. The summed E-state index contributed by atoms with van der Waals surface area (Å²) >= 11 is 0. The summed E-state index contributed by atoms with van der Waals surface area (Å²) in [6, 6.07) is 3.88. The average Bonchev–Trinajstić information content (AvgIpc) is 2.54. The van der Waals surface area contributed by atoms with Crippen LogP contribution in [0.4, 0.5) is 0 Å². The van der Waals surface area contributed by atoms with Crippen molar-refractivity contribution < 1.29 is 14.7 Å². The first-order valence-electron chi connectivity index (χ1n) is 5.64. The molecule has 1 aromatic carbocycles. The van der Waals surface area contributed by atoms with Crippen molar-refractivity contribution in [3.8, 4) is 11.5 Å². The summed E-state index contributed by atoms with van der Waals surface area (Å²) in [5, 5.41) is 8.78. The minimum atomic E-state index is 0.430. The highest BCUT2D eigenvalue weighted by atomic mass is 16.5. The van der Waals surface area contributed by atoms with Crippen molar-refractivity contribution >= 4 is 0 Å². The van der Waals surface area contributed by atoms with E-state index in [-0.39, 0.29) is 0 Å². The fourth-order valence-corrected chi connectivity index (χ4v) is 1.97. The molecule has 1 aromatic rings. The molecule has 4 heteroatoms. The zero-order valence-corrected chi connectivity index (χ0v) is 9.45. The summed E-state index contributed by atoms with van der Waals surface area (Å²) < 4.78 is 11.3. The second-order valence-corrected chi connectivity index (χ2v) is 3.77. The Kier molecular flexibility index (Phi) is 3.64. The first-order chi connectivity index (χ1) is 7.86. The third kappa shape index (κ3) is 2.13. The van der Waals surface area contributed by atoms with E-state index in [0.717, 1.165) is 35.5 Å². The molecule has 1 heterocycles. The largest absolute Gasteiger partial charge is 0.490 e. The first kappa shape index (κ1) is 11.2. The smallest absolute Gasteiger partial charge is 0.164 e. The molecule has 16 heavy (non-hydrogen) atoms. The Labute approximate surface area is 95.1 Å². The van der Waals surface area contributed by atoms with Crippen LogP contribution < -0.4 is 15.0 Å². The Bertz CT molecular complexity index is 366. The molecule has 0 spiro atoms. The Morgan fingerprint density at radius 1 is 1.31 bits per heavy atom. The Hall–Kier alpha value is -1.26. The van der Waals surface area contributed by atoms with E-state index in [4.69, 9.17) is 14.7 Å². The Balaban J connectivity index is 2.41. The molecule has 0 bridgehead atoms. The standard InChI is InChI=1S/C12H17NO3/c1-2-10-9(8-13-14)4-5-11-12(10)16-7-3-6-15-11/h4-5,13-14H,2-3,6-8H2,1H3. The number of benzene rings is 1. The number of fused-ring (bicyclic) bond motifs is 1. The van der Waals surface area contributed by atoms with Crippen molar-refractivity contribution in [1.82, 2.24) is 5.48 Å². The van der Waals surface area contributed by atoms with Crippen LogP contribution in [0.5, 0.6) is 11.5 Å². The Morgan fingerprint density at radius 2 is 2.12 bits per heavy atom. The highest BCUT2D eigenvalue weighted by molar-refractivity contribution is 5.51. The molecule has 0 amide bonds. The van der Waals surface area contributed by atoms with Gasteiger partial charge in [0.25, 0.3) is 0 Å². The second-order valence-electron chi connectivity index (χ2n) is 3.77. The third-order valence-electron chi connectivity index (χ3n) is 2.74. The molecule has 0 unspecified atom stereocenters. The molecule has 0 atom stereocenters. The lowest BCUT2D eigenvalue weighted by molar-refractivity contribution is 0.161. The number of hydrogen-bond donors (Lipinski definition) is 2. The summed E-state index contributed by atoms with van der Waals surface area (Å²) in [5.74, 6) is 1.66. The minimum Gasteiger partial charge on any atom is -0.490 e. The van der Waals surface area contributed by atoms with Crippen molar-refractivity contribution in [2.75, 3.05) is 13.2 Å². The van der Waals surface area contributed by atoms with Crippen molar-refractivity contribution in [2.45, 2.75) is 26.3 Å². The van der Waals surface area contributed by atoms with E-state index in [1.165, 1.54) is 0 Å². The van der Waals surface area contributed by atoms with Gasteiger partial charge in [0, 0.05) is 18.5 Å². The molecule has 0 aliphatic carbocycles. The van der Waals surface area contributed by atoms with Gasteiger partial charge in [-0.2, -0.15) is 0 Å². The van der Waals surface area contributed by atoms with Gasteiger partial charge in [0.15, 0.2) is 11.5 Å². The number of rotatable bonds is 3. The molecule has 0 fully saturated rings. The summed E-state index contributed by atoms with van der Waals surface area (Å²) in [5.41, 5.74) is 4.35. The van der Waals surface area contributed by atoms with Crippen molar-refractivity contribution in [2.24, 2.45) is 0 Å². The van der Waals surface area contributed by atoms with Gasteiger partial charge < -0.3 is 14.7 Å². The van der Waals surface area contributed by atoms with Gasteiger partial charge in [0.1, 0.15) is 0 Å². The van der Waals surface area contributed by atoms with E-state index in [9.17, 15) is 0 Å². The van der Waals surface area contributed by atoms with Gasteiger partial charge in [-0.05, 0) is 18.1 Å². The Morgan fingerprint density at radius 3 is 2.88 bits per heavy atom. The normalized spacial score (nSPS) is 14.6. The fraction of sp³-hybridized carbons (Fsp3) is 0.500. The second kappa shape index (κ2) is 5.18. The van der Waals surface area contributed by atoms with E-state index in [1.54, 1.807) is 0 Å². The van der Waals surface area contributed by atoms with Gasteiger partial charge in [-0.1, -0.05) is 13.0 Å². The third-order valence-corrected chi connectivity index (χ3v) is 2.74. The summed E-state index contributed by atoms with van der Waals surface area (Å²) in [7, 11) is 0. The lowest BCUT2D eigenvalue weighted by atomic mass is 10.0. The molecule has 1 aliphatic heterocycles. The van der Waals surface area contributed by atoms with Gasteiger partial charge in [-0.3, -0.25) is 0 Å². The predicted molar refractivity (Wildman–Crippen MR) is 60.1 cm³/mol. The van der Waals surface area contributed by atoms with Gasteiger partial charge in [0.2, 0.25) is 0 Å². The molecule has 0 aromatic heterocycles. The quantitative estimate of drug-likeness (QED) is 0.768. The van der Waals surface area contributed by atoms with E-state index in [2.05, 4.69) is 12.4 Å². The van der Waals surface area contributed by atoms with Crippen LogP contribution >= 0.6 is 0 Å². The van der Waals surface area contributed by atoms with E-state index >= 15 is 0 Å². The van der Waals surface area contributed by atoms with E-state index < -0.39 is 0 Å². The van der Waals surface area contributed by atoms with Crippen molar-refractivity contribution in [3.05, 3.63) is 23.3 Å². The van der Waals surface area contributed by atoms with Gasteiger partial charge >= 0.3 is 0 Å². The molecule has 2 rings (SSSR count).